The van der Waals surface area contributed by atoms with Crippen molar-refractivity contribution in [3.8, 4) is 0 Å². The normalized spacial score (nSPS) is 27.9. The number of hydrogen-bond donors (Lipinski definition) is 1. The maximum atomic E-state index is 12.9. The number of likely N-dealkylation sites (tertiary alicyclic amines) is 1. The van der Waals surface area contributed by atoms with Gasteiger partial charge in [-0.25, -0.2) is 4.39 Å². The summed E-state index contributed by atoms with van der Waals surface area (Å²) in [6, 6.07) is 6.42. The van der Waals surface area contributed by atoms with E-state index in [0.717, 1.165) is 25.1 Å². The minimum atomic E-state index is -0.264. The van der Waals surface area contributed by atoms with Crippen LogP contribution in [0.25, 0.3) is 0 Å². The molecule has 1 saturated heterocycles. The lowest BCUT2D eigenvalue weighted by molar-refractivity contribution is -0.129. The van der Waals surface area contributed by atoms with Crippen LogP contribution >= 0.6 is 12.4 Å². The van der Waals surface area contributed by atoms with Gasteiger partial charge in [0.1, 0.15) is 5.82 Å². The summed E-state index contributed by atoms with van der Waals surface area (Å²) in [6.45, 7) is 1.64. The number of fused-ring (bicyclic) bond motifs is 1. The van der Waals surface area contributed by atoms with Gasteiger partial charge in [0.15, 0.2) is 0 Å². The van der Waals surface area contributed by atoms with E-state index in [4.69, 9.17) is 5.73 Å². The maximum Gasteiger partial charge on any atom is 0.227 e. The van der Waals surface area contributed by atoms with E-state index in [0.29, 0.717) is 18.3 Å². The summed E-state index contributed by atoms with van der Waals surface area (Å²) >= 11 is 0. The van der Waals surface area contributed by atoms with Crippen LogP contribution in [0.5, 0.6) is 0 Å². The lowest BCUT2D eigenvalue weighted by Gasteiger charge is -2.29. The van der Waals surface area contributed by atoms with E-state index in [1.165, 1.54) is 25.0 Å². The molecule has 21 heavy (non-hydrogen) atoms. The summed E-state index contributed by atoms with van der Waals surface area (Å²) in [6.07, 6.45) is 3.82. The Labute approximate surface area is 131 Å². The van der Waals surface area contributed by atoms with Crippen molar-refractivity contribution >= 4 is 18.3 Å². The molecule has 1 aromatic rings. The van der Waals surface area contributed by atoms with Gasteiger partial charge in [0.25, 0.3) is 0 Å². The smallest absolute Gasteiger partial charge is 0.227 e. The summed E-state index contributed by atoms with van der Waals surface area (Å²) in [5.41, 5.74) is 7.04. The van der Waals surface area contributed by atoms with E-state index in [1.54, 1.807) is 12.1 Å². The van der Waals surface area contributed by atoms with Crippen molar-refractivity contribution in [1.82, 2.24) is 4.90 Å². The molecule has 2 N–H and O–H groups in total. The SMILES string of the molecule is Cl.NC1CCCC2CN(C(=O)Cc3ccc(F)cc3)CC12. The highest BCUT2D eigenvalue weighted by Gasteiger charge is 2.40. The topological polar surface area (TPSA) is 46.3 Å². The fourth-order valence-corrected chi connectivity index (χ4v) is 3.61. The van der Waals surface area contributed by atoms with Crippen LogP contribution in [0.15, 0.2) is 24.3 Å². The molecule has 1 heterocycles. The van der Waals surface area contributed by atoms with Crippen LogP contribution in [-0.4, -0.2) is 29.9 Å². The molecule has 0 radical (unpaired) electrons. The van der Waals surface area contributed by atoms with Gasteiger partial charge < -0.3 is 10.6 Å². The molecule has 0 aromatic heterocycles. The Hall–Kier alpha value is -1.13. The third kappa shape index (κ3) is 3.55. The van der Waals surface area contributed by atoms with Gasteiger partial charge in [-0.05, 0) is 42.4 Å². The fraction of sp³-hybridized carbons (Fsp3) is 0.562. The fourth-order valence-electron chi connectivity index (χ4n) is 3.61. The zero-order valence-corrected chi connectivity index (χ0v) is 12.8. The number of amides is 1. The van der Waals surface area contributed by atoms with E-state index in [9.17, 15) is 9.18 Å². The first-order valence-electron chi connectivity index (χ1n) is 7.41. The highest BCUT2D eigenvalue weighted by atomic mass is 35.5. The molecule has 3 atom stereocenters. The molecule has 1 amide bonds. The average molecular weight is 313 g/mol. The van der Waals surface area contributed by atoms with Gasteiger partial charge in [-0.3, -0.25) is 4.79 Å². The van der Waals surface area contributed by atoms with Gasteiger partial charge in [-0.15, -0.1) is 12.4 Å². The zero-order chi connectivity index (χ0) is 14.1. The van der Waals surface area contributed by atoms with Crippen molar-refractivity contribution < 1.29 is 9.18 Å². The van der Waals surface area contributed by atoms with Crippen LogP contribution in [0.4, 0.5) is 4.39 Å². The Morgan fingerprint density at radius 2 is 1.95 bits per heavy atom. The number of halogens is 2. The summed E-state index contributed by atoms with van der Waals surface area (Å²) in [5.74, 6) is 0.925. The van der Waals surface area contributed by atoms with Gasteiger partial charge in [-0.1, -0.05) is 18.6 Å². The number of nitrogens with two attached hydrogens (primary N) is 1. The summed E-state index contributed by atoms with van der Waals surface area (Å²) in [4.78, 5) is 14.3. The third-order valence-electron chi connectivity index (χ3n) is 4.78. The minimum absolute atomic E-state index is 0. The van der Waals surface area contributed by atoms with E-state index >= 15 is 0 Å². The van der Waals surface area contributed by atoms with Crippen LogP contribution in [-0.2, 0) is 11.2 Å². The van der Waals surface area contributed by atoms with Crippen molar-refractivity contribution in [2.45, 2.75) is 31.7 Å². The molecular weight excluding hydrogens is 291 g/mol. The molecule has 2 aliphatic rings. The lowest BCUT2D eigenvalue weighted by Crippen LogP contribution is -2.38. The monoisotopic (exact) mass is 312 g/mol. The molecule has 1 aromatic carbocycles. The molecule has 0 spiro atoms. The molecule has 5 heteroatoms. The Morgan fingerprint density at radius 1 is 1.24 bits per heavy atom. The number of rotatable bonds is 2. The van der Waals surface area contributed by atoms with Crippen molar-refractivity contribution in [3.63, 3.8) is 0 Å². The summed E-state index contributed by atoms with van der Waals surface area (Å²) in [5, 5.41) is 0. The lowest BCUT2D eigenvalue weighted by atomic mass is 9.78. The summed E-state index contributed by atoms with van der Waals surface area (Å²) in [7, 11) is 0. The van der Waals surface area contributed by atoms with Gasteiger partial charge in [0.05, 0.1) is 6.42 Å². The van der Waals surface area contributed by atoms with E-state index in [1.807, 2.05) is 4.90 Å². The quantitative estimate of drug-likeness (QED) is 0.911. The number of hydrogen-bond acceptors (Lipinski definition) is 2. The van der Waals surface area contributed by atoms with Crippen molar-refractivity contribution in [1.29, 1.82) is 0 Å². The first-order valence-corrected chi connectivity index (χ1v) is 7.41. The Balaban J connectivity index is 0.00000161. The molecule has 1 aliphatic heterocycles. The van der Waals surface area contributed by atoms with Gasteiger partial charge in [0.2, 0.25) is 5.91 Å². The first kappa shape index (κ1) is 16.2. The Bertz CT molecular complexity index is 494. The Kier molecular flexibility index (Phi) is 5.22. The van der Waals surface area contributed by atoms with Crippen molar-refractivity contribution in [3.05, 3.63) is 35.6 Å². The van der Waals surface area contributed by atoms with E-state index in [-0.39, 0.29) is 30.2 Å². The molecule has 2 fully saturated rings. The summed E-state index contributed by atoms with van der Waals surface area (Å²) < 4.78 is 12.9. The third-order valence-corrected chi connectivity index (χ3v) is 4.78. The largest absolute Gasteiger partial charge is 0.342 e. The molecule has 3 rings (SSSR count). The van der Waals surface area contributed by atoms with Crippen LogP contribution < -0.4 is 5.73 Å². The molecule has 0 bridgehead atoms. The second-order valence-corrected chi connectivity index (χ2v) is 6.12. The van der Waals surface area contributed by atoms with Crippen LogP contribution in [0.2, 0.25) is 0 Å². The van der Waals surface area contributed by atoms with Crippen LogP contribution in [0.3, 0.4) is 0 Å². The minimum Gasteiger partial charge on any atom is -0.342 e. The van der Waals surface area contributed by atoms with Gasteiger partial charge >= 0.3 is 0 Å². The molecular formula is C16H22ClFN2O. The molecule has 3 unspecified atom stereocenters. The number of carbonyl (C=O) groups excluding carboxylic acids is 1. The van der Waals surface area contributed by atoms with Gasteiger partial charge in [-0.2, -0.15) is 0 Å². The van der Waals surface area contributed by atoms with Crippen molar-refractivity contribution in [2.24, 2.45) is 17.6 Å². The van der Waals surface area contributed by atoms with Crippen molar-refractivity contribution in [2.75, 3.05) is 13.1 Å². The predicted molar refractivity (Wildman–Crippen MR) is 82.7 cm³/mol. The highest BCUT2D eigenvalue weighted by Crippen LogP contribution is 2.35. The Morgan fingerprint density at radius 3 is 2.62 bits per heavy atom. The molecule has 116 valence electrons. The second-order valence-electron chi connectivity index (χ2n) is 6.12. The zero-order valence-electron chi connectivity index (χ0n) is 12.0. The standard InChI is InChI=1S/C16H21FN2O.ClH/c17-13-6-4-11(5-7-13)8-16(20)19-9-12-2-1-3-15(18)14(12)10-19;/h4-7,12,14-15H,1-3,8-10,18H2;1H. The van der Waals surface area contributed by atoms with Gasteiger partial charge in [0, 0.05) is 19.1 Å². The highest BCUT2D eigenvalue weighted by molar-refractivity contribution is 5.85. The van der Waals surface area contributed by atoms with E-state index in [2.05, 4.69) is 0 Å². The molecule has 1 aliphatic carbocycles. The number of nitrogens with zero attached hydrogens (tertiary/aromatic N) is 1. The van der Waals surface area contributed by atoms with Crippen LogP contribution in [0, 0.1) is 17.7 Å². The van der Waals surface area contributed by atoms with E-state index < -0.39 is 0 Å². The number of carbonyl (C=O) groups is 1. The average Bonchev–Trinajstić information content (AvgIpc) is 2.87. The maximum absolute atomic E-state index is 12.9. The second kappa shape index (κ2) is 6.75. The predicted octanol–water partition coefficient (Wildman–Crippen LogP) is 2.38. The number of benzene rings is 1. The first-order chi connectivity index (χ1) is 9.63. The van der Waals surface area contributed by atoms with Crippen LogP contribution in [0.1, 0.15) is 24.8 Å². The molecule has 1 saturated carbocycles. The molecule has 3 nitrogen and oxygen atoms in total.